The molecule has 3 nitrogen and oxygen atoms in total. The van der Waals surface area contributed by atoms with Gasteiger partial charge in [0.05, 0.1) is 11.9 Å². The summed E-state index contributed by atoms with van der Waals surface area (Å²) < 4.78 is 5.64. The van der Waals surface area contributed by atoms with Gasteiger partial charge in [-0.25, -0.2) is 0 Å². The summed E-state index contributed by atoms with van der Waals surface area (Å²) in [6.45, 7) is 0. The van der Waals surface area contributed by atoms with E-state index in [1.54, 1.807) is 6.26 Å². The SMILES string of the molecule is O=C1[C@H]2CCC[C@H]1[C@]1(O)CCCC[C@@H]1[C@@H]2c1ccco1. The number of fused-ring (bicyclic) bond motifs is 4. The average Bonchev–Trinajstić information content (AvgIpc) is 2.95. The van der Waals surface area contributed by atoms with Crippen molar-refractivity contribution < 1.29 is 14.3 Å². The fourth-order valence-corrected chi connectivity index (χ4v) is 5.23. The molecule has 108 valence electrons. The zero-order chi connectivity index (χ0) is 13.7. The highest BCUT2D eigenvalue weighted by Crippen LogP contribution is 2.58. The molecule has 0 unspecified atom stereocenters. The first kappa shape index (κ1) is 12.6. The second-order valence-corrected chi connectivity index (χ2v) is 6.88. The van der Waals surface area contributed by atoms with E-state index in [2.05, 4.69) is 0 Å². The van der Waals surface area contributed by atoms with Crippen LogP contribution in [0.4, 0.5) is 0 Å². The summed E-state index contributed by atoms with van der Waals surface area (Å²) in [4.78, 5) is 12.8. The van der Waals surface area contributed by atoms with E-state index >= 15 is 0 Å². The van der Waals surface area contributed by atoms with Gasteiger partial charge in [0, 0.05) is 17.8 Å². The van der Waals surface area contributed by atoms with Gasteiger partial charge in [-0.1, -0.05) is 19.3 Å². The summed E-state index contributed by atoms with van der Waals surface area (Å²) >= 11 is 0. The van der Waals surface area contributed by atoms with Crippen LogP contribution in [0.2, 0.25) is 0 Å². The lowest BCUT2D eigenvalue weighted by Gasteiger charge is -2.55. The van der Waals surface area contributed by atoms with Crippen LogP contribution in [0.15, 0.2) is 22.8 Å². The molecular weight excluding hydrogens is 252 g/mol. The summed E-state index contributed by atoms with van der Waals surface area (Å²) in [7, 11) is 0. The van der Waals surface area contributed by atoms with Crippen LogP contribution in [0.5, 0.6) is 0 Å². The van der Waals surface area contributed by atoms with E-state index in [0.29, 0.717) is 5.78 Å². The Hall–Kier alpha value is -1.09. The Labute approximate surface area is 119 Å². The van der Waals surface area contributed by atoms with Crippen molar-refractivity contribution in [3.63, 3.8) is 0 Å². The zero-order valence-corrected chi connectivity index (χ0v) is 11.8. The third kappa shape index (κ3) is 1.59. The molecule has 2 bridgehead atoms. The van der Waals surface area contributed by atoms with Crippen LogP contribution < -0.4 is 0 Å². The molecule has 0 aliphatic heterocycles. The molecule has 5 atom stereocenters. The third-order valence-corrected chi connectivity index (χ3v) is 6.04. The van der Waals surface area contributed by atoms with E-state index in [4.69, 9.17) is 4.42 Å². The molecule has 0 radical (unpaired) electrons. The van der Waals surface area contributed by atoms with Gasteiger partial charge in [-0.05, 0) is 43.7 Å². The second-order valence-electron chi connectivity index (χ2n) is 6.88. The normalized spacial score (nSPS) is 44.1. The molecule has 3 fully saturated rings. The van der Waals surface area contributed by atoms with Crippen LogP contribution in [0, 0.1) is 17.8 Å². The number of aliphatic hydroxyl groups is 1. The second kappa shape index (κ2) is 4.45. The summed E-state index contributed by atoms with van der Waals surface area (Å²) in [5, 5.41) is 11.3. The maximum Gasteiger partial charge on any atom is 0.142 e. The van der Waals surface area contributed by atoms with Gasteiger partial charge in [-0.2, -0.15) is 0 Å². The molecule has 0 saturated heterocycles. The molecule has 3 heteroatoms. The predicted octanol–water partition coefficient (Wildman–Crippen LogP) is 3.28. The van der Waals surface area contributed by atoms with Gasteiger partial charge in [0.2, 0.25) is 0 Å². The number of carbonyl (C=O) groups is 1. The number of hydrogen-bond donors (Lipinski definition) is 1. The minimum atomic E-state index is -0.774. The standard InChI is InChI=1S/C17H22O3/c18-16-11-5-3-7-13(16)17(19)9-2-1-6-12(17)15(11)14-8-4-10-20-14/h4,8,10-13,15,19H,1-3,5-7,9H2/t11-,12+,13+,15+,17-/m0/s1. The Morgan fingerprint density at radius 3 is 2.90 bits per heavy atom. The van der Waals surface area contributed by atoms with Crippen LogP contribution in [-0.2, 0) is 4.79 Å². The lowest BCUT2D eigenvalue weighted by molar-refractivity contribution is -0.174. The number of Topliss-reactive ketones (excluding diaryl/α,β-unsaturated/α-hetero) is 1. The van der Waals surface area contributed by atoms with Gasteiger partial charge in [0.1, 0.15) is 11.5 Å². The highest BCUT2D eigenvalue weighted by atomic mass is 16.3. The van der Waals surface area contributed by atoms with E-state index < -0.39 is 5.60 Å². The van der Waals surface area contributed by atoms with E-state index in [1.165, 1.54) is 0 Å². The molecular formula is C17H22O3. The monoisotopic (exact) mass is 274 g/mol. The van der Waals surface area contributed by atoms with E-state index in [0.717, 1.165) is 50.7 Å². The van der Waals surface area contributed by atoms with Gasteiger partial charge in [-0.3, -0.25) is 4.79 Å². The van der Waals surface area contributed by atoms with Gasteiger partial charge >= 0.3 is 0 Å². The predicted molar refractivity (Wildman–Crippen MR) is 74.2 cm³/mol. The Kier molecular flexibility index (Phi) is 2.81. The lowest BCUT2D eigenvalue weighted by atomic mass is 9.50. The van der Waals surface area contributed by atoms with Crippen LogP contribution in [0.1, 0.15) is 56.6 Å². The maximum absolute atomic E-state index is 12.8. The fraction of sp³-hybridized carbons (Fsp3) is 0.706. The van der Waals surface area contributed by atoms with E-state index in [-0.39, 0.29) is 23.7 Å². The lowest BCUT2D eigenvalue weighted by Crippen LogP contribution is -2.60. The van der Waals surface area contributed by atoms with Crippen molar-refractivity contribution in [2.24, 2.45) is 17.8 Å². The average molecular weight is 274 g/mol. The number of rotatable bonds is 1. The van der Waals surface area contributed by atoms with Crippen molar-refractivity contribution in [2.75, 3.05) is 0 Å². The molecule has 3 aliphatic rings. The smallest absolute Gasteiger partial charge is 0.142 e. The molecule has 0 amide bonds. The van der Waals surface area contributed by atoms with Crippen LogP contribution in [0.25, 0.3) is 0 Å². The first-order valence-electron chi connectivity index (χ1n) is 8.01. The molecule has 0 spiro atoms. The molecule has 1 heterocycles. The number of carbonyl (C=O) groups excluding carboxylic acids is 1. The highest BCUT2D eigenvalue weighted by molar-refractivity contribution is 5.87. The van der Waals surface area contributed by atoms with Gasteiger partial charge in [-0.15, -0.1) is 0 Å². The Bertz CT molecular complexity index is 506. The topological polar surface area (TPSA) is 50.4 Å². The first-order valence-corrected chi connectivity index (χ1v) is 8.01. The van der Waals surface area contributed by atoms with Crippen molar-refractivity contribution >= 4 is 5.78 Å². The fourth-order valence-electron chi connectivity index (χ4n) is 5.23. The van der Waals surface area contributed by atoms with Crippen molar-refractivity contribution in [3.8, 4) is 0 Å². The Balaban J connectivity index is 1.82. The molecule has 1 aromatic rings. The summed E-state index contributed by atoms with van der Waals surface area (Å²) in [6, 6.07) is 3.89. The number of hydrogen-bond acceptors (Lipinski definition) is 3. The minimum absolute atomic E-state index is 0.0725. The number of ketones is 1. The van der Waals surface area contributed by atoms with Crippen LogP contribution in [-0.4, -0.2) is 16.5 Å². The maximum atomic E-state index is 12.8. The Morgan fingerprint density at radius 2 is 2.10 bits per heavy atom. The van der Waals surface area contributed by atoms with Gasteiger partial charge in [0.15, 0.2) is 0 Å². The molecule has 4 rings (SSSR count). The zero-order valence-electron chi connectivity index (χ0n) is 11.8. The molecule has 0 aromatic carbocycles. The van der Waals surface area contributed by atoms with E-state index in [9.17, 15) is 9.90 Å². The quantitative estimate of drug-likeness (QED) is 0.855. The van der Waals surface area contributed by atoms with Gasteiger partial charge in [0.25, 0.3) is 0 Å². The molecule has 3 aliphatic carbocycles. The third-order valence-electron chi connectivity index (χ3n) is 6.04. The Morgan fingerprint density at radius 1 is 1.20 bits per heavy atom. The molecule has 20 heavy (non-hydrogen) atoms. The summed E-state index contributed by atoms with van der Waals surface area (Å²) in [6.07, 6.45) is 8.63. The molecule has 1 N–H and O–H groups in total. The van der Waals surface area contributed by atoms with Crippen molar-refractivity contribution in [1.82, 2.24) is 0 Å². The summed E-state index contributed by atoms with van der Waals surface area (Å²) in [5.74, 6) is 1.48. The molecule has 3 saturated carbocycles. The minimum Gasteiger partial charge on any atom is -0.469 e. The van der Waals surface area contributed by atoms with Crippen LogP contribution >= 0.6 is 0 Å². The largest absolute Gasteiger partial charge is 0.469 e. The summed E-state index contributed by atoms with van der Waals surface area (Å²) in [5.41, 5.74) is -0.774. The number of furan rings is 1. The van der Waals surface area contributed by atoms with Crippen molar-refractivity contribution in [3.05, 3.63) is 24.2 Å². The highest BCUT2D eigenvalue weighted by Gasteiger charge is 2.60. The van der Waals surface area contributed by atoms with Crippen molar-refractivity contribution in [2.45, 2.75) is 56.5 Å². The van der Waals surface area contributed by atoms with E-state index in [1.807, 2.05) is 12.1 Å². The molecule has 1 aromatic heterocycles. The van der Waals surface area contributed by atoms with Crippen molar-refractivity contribution in [1.29, 1.82) is 0 Å². The van der Waals surface area contributed by atoms with Gasteiger partial charge < -0.3 is 9.52 Å². The first-order chi connectivity index (χ1) is 9.72. The van der Waals surface area contributed by atoms with Crippen LogP contribution in [0.3, 0.4) is 0 Å².